The number of hydrogen-bond acceptors (Lipinski definition) is 3. The van der Waals surface area contributed by atoms with Gasteiger partial charge in [-0.25, -0.2) is 4.79 Å². The monoisotopic (exact) mass is 289 g/mol. The number of carbonyl (C=O) groups is 2. The van der Waals surface area contributed by atoms with Gasteiger partial charge >= 0.3 is 5.97 Å². The van der Waals surface area contributed by atoms with Gasteiger partial charge in [0.15, 0.2) is 0 Å². The Kier molecular flexibility index (Phi) is 5.11. The van der Waals surface area contributed by atoms with Gasteiger partial charge in [-0.15, -0.1) is 0 Å². The molecule has 112 valence electrons. The minimum absolute atomic E-state index is 0.00434. The molecule has 1 saturated heterocycles. The Morgan fingerprint density at radius 3 is 2.71 bits per heavy atom. The molecular weight excluding hydrogens is 270 g/mol. The van der Waals surface area contributed by atoms with Gasteiger partial charge in [-0.2, -0.15) is 0 Å². The highest BCUT2D eigenvalue weighted by Crippen LogP contribution is 2.20. The lowest BCUT2D eigenvalue weighted by Crippen LogP contribution is -2.28. The van der Waals surface area contributed by atoms with Crippen molar-refractivity contribution in [3.8, 4) is 0 Å². The molecule has 2 N–H and O–H groups in total. The normalized spacial score (nSPS) is 16.0. The van der Waals surface area contributed by atoms with E-state index in [-0.39, 0.29) is 11.8 Å². The van der Waals surface area contributed by atoms with E-state index in [1.165, 1.54) is 6.08 Å². The average molecular weight is 289 g/mol. The molecule has 1 aromatic rings. The summed E-state index contributed by atoms with van der Waals surface area (Å²) in [6.07, 6.45) is 4.10. The molecule has 1 amide bonds. The summed E-state index contributed by atoms with van der Waals surface area (Å²) in [6, 6.07) is 5.47. The van der Waals surface area contributed by atoms with Gasteiger partial charge in [0.1, 0.15) is 0 Å². The van der Waals surface area contributed by atoms with E-state index in [0.29, 0.717) is 18.9 Å². The fourth-order valence-electron chi connectivity index (χ4n) is 2.26. The maximum Gasteiger partial charge on any atom is 0.328 e. The van der Waals surface area contributed by atoms with E-state index in [2.05, 4.69) is 5.32 Å². The number of carbonyl (C=O) groups excluding carboxylic acids is 1. The van der Waals surface area contributed by atoms with Crippen molar-refractivity contribution in [1.82, 2.24) is 0 Å². The molecule has 5 nitrogen and oxygen atoms in total. The largest absolute Gasteiger partial charge is 0.478 e. The molecule has 1 fully saturated rings. The van der Waals surface area contributed by atoms with Gasteiger partial charge in [0.05, 0.1) is 0 Å². The first-order valence-electron chi connectivity index (χ1n) is 6.96. The van der Waals surface area contributed by atoms with Crippen LogP contribution in [-0.4, -0.2) is 30.2 Å². The standard InChI is InChI=1S/C16H19NO4/c1-11-2-4-14(10-13(11)3-5-15(18)19)17-16(20)12-6-8-21-9-7-12/h2-5,10,12H,6-9H2,1H3,(H,17,20)(H,18,19). The molecule has 0 aliphatic carbocycles. The van der Waals surface area contributed by atoms with Crippen LogP contribution in [0.1, 0.15) is 24.0 Å². The molecule has 21 heavy (non-hydrogen) atoms. The van der Waals surface area contributed by atoms with Gasteiger partial charge in [-0.05, 0) is 49.1 Å². The zero-order valence-electron chi connectivity index (χ0n) is 12.0. The van der Waals surface area contributed by atoms with Crippen LogP contribution in [0, 0.1) is 12.8 Å². The predicted octanol–water partition coefficient (Wildman–Crippen LogP) is 2.46. The zero-order valence-corrected chi connectivity index (χ0v) is 12.0. The van der Waals surface area contributed by atoms with E-state index in [0.717, 1.165) is 30.0 Å². The van der Waals surface area contributed by atoms with Gasteiger partial charge in [0.2, 0.25) is 5.91 Å². The summed E-state index contributed by atoms with van der Waals surface area (Å²) < 4.78 is 5.24. The molecule has 0 radical (unpaired) electrons. The second-order valence-corrected chi connectivity index (χ2v) is 5.12. The first-order valence-corrected chi connectivity index (χ1v) is 6.96. The third-order valence-electron chi connectivity index (χ3n) is 3.54. The minimum atomic E-state index is -0.994. The summed E-state index contributed by atoms with van der Waals surface area (Å²) in [7, 11) is 0. The Morgan fingerprint density at radius 1 is 1.33 bits per heavy atom. The summed E-state index contributed by atoms with van der Waals surface area (Å²) in [5.74, 6) is -1.01. The van der Waals surface area contributed by atoms with E-state index >= 15 is 0 Å². The van der Waals surface area contributed by atoms with Crippen molar-refractivity contribution in [3.63, 3.8) is 0 Å². The number of carboxylic acid groups (broad SMARTS) is 1. The zero-order chi connectivity index (χ0) is 15.2. The number of amides is 1. The SMILES string of the molecule is Cc1ccc(NC(=O)C2CCOCC2)cc1C=CC(=O)O. The van der Waals surface area contributed by atoms with Gasteiger partial charge in [0.25, 0.3) is 0 Å². The fourth-order valence-corrected chi connectivity index (χ4v) is 2.26. The van der Waals surface area contributed by atoms with E-state index in [4.69, 9.17) is 9.84 Å². The molecule has 1 aromatic carbocycles. The molecule has 0 aromatic heterocycles. The maximum atomic E-state index is 12.2. The van der Waals surface area contributed by atoms with Crippen molar-refractivity contribution < 1.29 is 19.4 Å². The van der Waals surface area contributed by atoms with Crippen LogP contribution in [0.4, 0.5) is 5.69 Å². The van der Waals surface area contributed by atoms with E-state index < -0.39 is 5.97 Å². The molecule has 2 rings (SSSR count). The minimum Gasteiger partial charge on any atom is -0.478 e. The number of benzene rings is 1. The van der Waals surface area contributed by atoms with E-state index in [9.17, 15) is 9.59 Å². The second kappa shape index (κ2) is 7.04. The summed E-state index contributed by atoms with van der Waals surface area (Å²) in [6.45, 7) is 3.14. The first-order chi connectivity index (χ1) is 10.1. The summed E-state index contributed by atoms with van der Waals surface area (Å²) in [5, 5.41) is 11.6. The summed E-state index contributed by atoms with van der Waals surface area (Å²) >= 11 is 0. The molecule has 0 saturated carbocycles. The Labute approximate surface area is 123 Å². The van der Waals surface area contributed by atoms with Crippen LogP contribution < -0.4 is 5.32 Å². The van der Waals surface area contributed by atoms with Gasteiger partial charge in [-0.1, -0.05) is 6.07 Å². The smallest absolute Gasteiger partial charge is 0.328 e. The number of rotatable bonds is 4. The van der Waals surface area contributed by atoms with E-state index in [1.54, 1.807) is 6.07 Å². The molecule has 0 bridgehead atoms. The Morgan fingerprint density at radius 2 is 2.05 bits per heavy atom. The van der Waals surface area contributed by atoms with Crippen LogP contribution in [0.5, 0.6) is 0 Å². The van der Waals surface area contributed by atoms with Crippen LogP contribution in [-0.2, 0) is 14.3 Å². The number of nitrogens with one attached hydrogen (secondary N) is 1. The van der Waals surface area contributed by atoms with Gasteiger partial charge < -0.3 is 15.2 Å². The summed E-state index contributed by atoms with van der Waals surface area (Å²) in [4.78, 5) is 22.7. The summed E-state index contributed by atoms with van der Waals surface area (Å²) in [5.41, 5.74) is 2.42. The third-order valence-corrected chi connectivity index (χ3v) is 3.54. The Hall–Kier alpha value is -2.14. The van der Waals surface area contributed by atoms with Crippen LogP contribution >= 0.6 is 0 Å². The molecule has 0 atom stereocenters. The van der Waals surface area contributed by atoms with Crippen molar-refractivity contribution in [3.05, 3.63) is 35.4 Å². The lowest BCUT2D eigenvalue weighted by Gasteiger charge is -2.21. The number of anilines is 1. The van der Waals surface area contributed by atoms with Crippen molar-refractivity contribution in [2.75, 3.05) is 18.5 Å². The van der Waals surface area contributed by atoms with E-state index in [1.807, 2.05) is 19.1 Å². The highest BCUT2D eigenvalue weighted by molar-refractivity contribution is 5.93. The van der Waals surface area contributed by atoms with Crippen LogP contribution in [0.25, 0.3) is 6.08 Å². The molecule has 1 aliphatic heterocycles. The average Bonchev–Trinajstić information content (AvgIpc) is 2.48. The van der Waals surface area contributed by atoms with Crippen LogP contribution in [0.2, 0.25) is 0 Å². The topological polar surface area (TPSA) is 75.6 Å². The highest BCUT2D eigenvalue weighted by atomic mass is 16.5. The molecular formula is C16H19NO4. The Balaban J connectivity index is 2.07. The van der Waals surface area contributed by atoms with Crippen molar-refractivity contribution in [2.24, 2.45) is 5.92 Å². The number of ether oxygens (including phenoxy) is 1. The second-order valence-electron chi connectivity index (χ2n) is 5.12. The fraction of sp³-hybridized carbons (Fsp3) is 0.375. The lowest BCUT2D eigenvalue weighted by atomic mass is 9.99. The van der Waals surface area contributed by atoms with Crippen molar-refractivity contribution in [2.45, 2.75) is 19.8 Å². The molecule has 0 spiro atoms. The van der Waals surface area contributed by atoms with Crippen molar-refractivity contribution >= 4 is 23.6 Å². The number of aliphatic carboxylic acids is 1. The number of carboxylic acids is 1. The van der Waals surface area contributed by atoms with Crippen LogP contribution in [0.3, 0.4) is 0 Å². The van der Waals surface area contributed by atoms with Gasteiger partial charge in [-0.3, -0.25) is 4.79 Å². The van der Waals surface area contributed by atoms with Gasteiger partial charge in [0, 0.05) is 30.9 Å². The molecule has 1 heterocycles. The maximum absolute atomic E-state index is 12.2. The predicted molar refractivity (Wildman–Crippen MR) is 80.0 cm³/mol. The number of hydrogen-bond donors (Lipinski definition) is 2. The lowest BCUT2D eigenvalue weighted by molar-refractivity contribution is -0.131. The molecule has 5 heteroatoms. The highest BCUT2D eigenvalue weighted by Gasteiger charge is 2.21. The molecule has 0 unspecified atom stereocenters. The quantitative estimate of drug-likeness (QED) is 0.835. The molecule has 1 aliphatic rings. The van der Waals surface area contributed by atoms with Crippen molar-refractivity contribution in [1.29, 1.82) is 0 Å². The van der Waals surface area contributed by atoms with Crippen LogP contribution in [0.15, 0.2) is 24.3 Å². The number of aryl methyl sites for hydroxylation is 1. The first kappa shape index (κ1) is 15.3. The Bertz CT molecular complexity index is 559. The third kappa shape index (κ3) is 4.43.